The number of piperazine rings is 1. The second-order valence-corrected chi connectivity index (χ2v) is 9.04. The van der Waals surface area contributed by atoms with Gasteiger partial charge in [-0.05, 0) is 72.4 Å². The highest BCUT2D eigenvalue weighted by atomic mass is 35.5. The van der Waals surface area contributed by atoms with Gasteiger partial charge in [-0.15, -0.1) is 24.8 Å². The van der Waals surface area contributed by atoms with Gasteiger partial charge >= 0.3 is 0 Å². The minimum absolute atomic E-state index is 0. The number of pyridine rings is 1. The van der Waals surface area contributed by atoms with Gasteiger partial charge in [0.2, 0.25) is 0 Å². The summed E-state index contributed by atoms with van der Waals surface area (Å²) in [4.78, 5) is 33.9. The summed E-state index contributed by atoms with van der Waals surface area (Å²) >= 11 is 0. The fourth-order valence-electron chi connectivity index (χ4n) is 4.41. The number of hydrogen-bond donors (Lipinski definition) is 2. The Kier molecular flexibility index (Phi) is 10.1. The topological polar surface area (TPSA) is 86.8 Å². The largest absolute Gasteiger partial charge is 0.457 e. The van der Waals surface area contributed by atoms with E-state index in [1.54, 1.807) is 31.4 Å². The van der Waals surface area contributed by atoms with Crippen LogP contribution in [-0.4, -0.2) is 62.0 Å². The SMILES string of the molecule is CNC(=O)c1cccc2cc(Oc3ccnc(NC(=O)c4ccc(N5CCN(C)CC5)cc4)c3)ccc12.Cl.Cl. The van der Waals surface area contributed by atoms with Crippen LogP contribution in [0.4, 0.5) is 11.5 Å². The first-order chi connectivity index (χ1) is 18.0. The first kappa shape index (κ1) is 29.7. The van der Waals surface area contributed by atoms with Gasteiger partial charge in [-0.1, -0.05) is 12.1 Å². The van der Waals surface area contributed by atoms with E-state index in [1.165, 1.54) is 0 Å². The molecule has 0 unspecified atom stereocenters. The molecule has 2 heterocycles. The predicted octanol–water partition coefficient (Wildman–Crippen LogP) is 5.23. The molecule has 0 bridgehead atoms. The van der Waals surface area contributed by atoms with Gasteiger partial charge in [-0.3, -0.25) is 9.59 Å². The highest BCUT2D eigenvalue weighted by Crippen LogP contribution is 2.28. The number of fused-ring (bicyclic) bond motifs is 1. The predicted molar refractivity (Wildman–Crippen MR) is 160 cm³/mol. The van der Waals surface area contributed by atoms with E-state index in [9.17, 15) is 9.59 Å². The Morgan fingerprint density at radius 2 is 1.56 bits per heavy atom. The summed E-state index contributed by atoms with van der Waals surface area (Å²) < 4.78 is 6.03. The normalized spacial score (nSPS) is 13.1. The number of nitrogens with zero attached hydrogens (tertiary/aromatic N) is 3. The third-order valence-corrected chi connectivity index (χ3v) is 6.53. The molecule has 3 aromatic carbocycles. The molecular formula is C29H31Cl2N5O3. The molecule has 39 heavy (non-hydrogen) atoms. The molecule has 1 aliphatic heterocycles. The minimum Gasteiger partial charge on any atom is -0.457 e. The van der Waals surface area contributed by atoms with Gasteiger partial charge in [0.05, 0.1) is 0 Å². The smallest absolute Gasteiger partial charge is 0.256 e. The maximum Gasteiger partial charge on any atom is 0.256 e. The van der Waals surface area contributed by atoms with Gasteiger partial charge in [0.25, 0.3) is 11.8 Å². The number of nitrogens with one attached hydrogen (secondary N) is 2. The molecule has 2 amide bonds. The summed E-state index contributed by atoms with van der Waals surface area (Å²) in [6.07, 6.45) is 1.59. The van der Waals surface area contributed by atoms with Crippen LogP contribution in [0, 0.1) is 0 Å². The van der Waals surface area contributed by atoms with E-state index in [4.69, 9.17) is 4.74 Å². The van der Waals surface area contributed by atoms with Crippen LogP contribution in [0.25, 0.3) is 10.8 Å². The lowest BCUT2D eigenvalue weighted by molar-refractivity contribution is 0.0963. The number of carbonyl (C=O) groups is 2. The van der Waals surface area contributed by atoms with Crippen LogP contribution in [0.1, 0.15) is 20.7 Å². The summed E-state index contributed by atoms with van der Waals surface area (Å²) in [5, 5.41) is 7.25. The number of hydrogen-bond acceptors (Lipinski definition) is 6. The quantitative estimate of drug-likeness (QED) is 0.331. The van der Waals surface area contributed by atoms with Crippen molar-refractivity contribution in [3.8, 4) is 11.5 Å². The number of likely N-dealkylation sites (N-methyl/N-ethyl adjacent to an activating group) is 1. The van der Waals surface area contributed by atoms with Crippen molar-refractivity contribution in [1.82, 2.24) is 15.2 Å². The van der Waals surface area contributed by atoms with Crippen molar-refractivity contribution in [2.24, 2.45) is 0 Å². The van der Waals surface area contributed by atoms with E-state index in [2.05, 4.69) is 32.5 Å². The highest BCUT2D eigenvalue weighted by molar-refractivity contribution is 6.07. The molecule has 204 valence electrons. The van der Waals surface area contributed by atoms with Gasteiger partial charge in [-0.2, -0.15) is 0 Å². The fraction of sp³-hybridized carbons (Fsp3) is 0.207. The standard InChI is InChI=1S/C29H29N5O3.2ClH/c1-30-29(36)26-5-3-4-21-18-23(10-11-25(21)26)37-24-12-13-31-27(19-24)32-28(35)20-6-8-22(9-7-20)34-16-14-33(2)15-17-34;;/h3-13,18-19H,14-17H2,1-2H3,(H,30,36)(H,31,32,35);2*1H. The lowest BCUT2D eigenvalue weighted by Gasteiger charge is -2.34. The van der Waals surface area contributed by atoms with E-state index in [0.717, 1.165) is 42.6 Å². The van der Waals surface area contributed by atoms with Gasteiger partial charge < -0.3 is 25.2 Å². The van der Waals surface area contributed by atoms with Crippen LogP contribution in [0.2, 0.25) is 0 Å². The second kappa shape index (κ2) is 13.3. The molecule has 0 spiro atoms. The molecule has 1 aliphatic rings. The van der Waals surface area contributed by atoms with Crippen molar-refractivity contribution in [2.75, 3.05) is 50.5 Å². The lowest BCUT2D eigenvalue weighted by atomic mass is 10.0. The van der Waals surface area contributed by atoms with Crippen LogP contribution in [0.15, 0.2) is 79.0 Å². The van der Waals surface area contributed by atoms with E-state index in [1.807, 2.05) is 54.6 Å². The molecule has 4 aromatic rings. The Morgan fingerprint density at radius 1 is 0.846 bits per heavy atom. The van der Waals surface area contributed by atoms with Gasteiger partial charge in [0.15, 0.2) is 0 Å². The second-order valence-electron chi connectivity index (χ2n) is 9.04. The number of rotatable bonds is 6. The molecule has 1 aromatic heterocycles. The van der Waals surface area contributed by atoms with Crippen molar-refractivity contribution < 1.29 is 14.3 Å². The van der Waals surface area contributed by atoms with E-state index >= 15 is 0 Å². The lowest BCUT2D eigenvalue weighted by Crippen LogP contribution is -2.44. The van der Waals surface area contributed by atoms with Crippen molar-refractivity contribution in [3.63, 3.8) is 0 Å². The van der Waals surface area contributed by atoms with Crippen LogP contribution in [0.3, 0.4) is 0 Å². The van der Waals surface area contributed by atoms with Gasteiger partial charge in [-0.25, -0.2) is 4.98 Å². The van der Waals surface area contributed by atoms with E-state index < -0.39 is 0 Å². The first-order valence-corrected chi connectivity index (χ1v) is 12.2. The zero-order chi connectivity index (χ0) is 25.8. The van der Waals surface area contributed by atoms with Gasteiger partial charge in [0.1, 0.15) is 17.3 Å². The number of amides is 2. The monoisotopic (exact) mass is 567 g/mol. The zero-order valence-corrected chi connectivity index (χ0v) is 23.3. The Labute approximate surface area is 240 Å². The molecular weight excluding hydrogens is 537 g/mol. The van der Waals surface area contributed by atoms with Crippen molar-refractivity contribution >= 4 is 58.9 Å². The maximum absolute atomic E-state index is 12.8. The number of benzene rings is 3. The molecule has 0 saturated carbocycles. The Morgan fingerprint density at radius 3 is 2.28 bits per heavy atom. The molecule has 2 N–H and O–H groups in total. The average Bonchev–Trinajstić information content (AvgIpc) is 2.93. The Balaban J connectivity index is 0.00000210. The highest BCUT2D eigenvalue weighted by Gasteiger charge is 2.15. The van der Waals surface area contributed by atoms with Crippen molar-refractivity contribution in [1.29, 1.82) is 0 Å². The minimum atomic E-state index is -0.234. The number of ether oxygens (including phenoxy) is 1. The summed E-state index contributed by atoms with van der Waals surface area (Å²) in [6.45, 7) is 4.02. The molecule has 1 fully saturated rings. The van der Waals surface area contributed by atoms with E-state index in [0.29, 0.717) is 28.4 Å². The summed E-state index contributed by atoms with van der Waals surface area (Å²) in [5.41, 5.74) is 2.29. The molecule has 0 aliphatic carbocycles. The number of aromatic nitrogens is 1. The maximum atomic E-state index is 12.8. The fourth-order valence-corrected chi connectivity index (χ4v) is 4.41. The molecule has 1 saturated heterocycles. The van der Waals surface area contributed by atoms with Crippen LogP contribution in [0.5, 0.6) is 11.5 Å². The first-order valence-electron chi connectivity index (χ1n) is 12.2. The van der Waals surface area contributed by atoms with Crippen LogP contribution >= 0.6 is 24.8 Å². The third kappa shape index (κ3) is 6.97. The number of carbonyl (C=O) groups excluding carboxylic acids is 2. The molecule has 0 radical (unpaired) electrons. The summed E-state index contributed by atoms with van der Waals surface area (Å²) in [5.74, 6) is 1.18. The van der Waals surface area contributed by atoms with Crippen molar-refractivity contribution in [3.05, 3.63) is 90.1 Å². The zero-order valence-electron chi connectivity index (χ0n) is 21.7. The third-order valence-electron chi connectivity index (χ3n) is 6.53. The average molecular weight is 569 g/mol. The Bertz CT molecular complexity index is 1440. The van der Waals surface area contributed by atoms with E-state index in [-0.39, 0.29) is 36.6 Å². The Hall–Kier alpha value is -3.85. The van der Waals surface area contributed by atoms with Crippen LogP contribution < -0.4 is 20.3 Å². The molecule has 8 nitrogen and oxygen atoms in total. The number of halogens is 2. The molecule has 0 atom stereocenters. The summed E-state index contributed by atoms with van der Waals surface area (Å²) in [6, 6.07) is 22.2. The van der Waals surface area contributed by atoms with Crippen molar-refractivity contribution in [2.45, 2.75) is 0 Å². The number of anilines is 2. The summed E-state index contributed by atoms with van der Waals surface area (Å²) in [7, 11) is 3.74. The molecule has 5 rings (SSSR count). The molecule has 10 heteroatoms. The van der Waals surface area contributed by atoms with Crippen LogP contribution in [-0.2, 0) is 0 Å². The van der Waals surface area contributed by atoms with Gasteiger partial charge in [0, 0.05) is 62.3 Å².